The van der Waals surface area contributed by atoms with Crippen LogP contribution in [-0.2, 0) is 4.74 Å². The van der Waals surface area contributed by atoms with E-state index in [0.29, 0.717) is 12.0 Å². The van der Waals surface area contributed by atoms with Gasteiger partial charge in [0.25, 0.3) is 0 Å². The maximum atomic E-state index is 5.83. The molecule has 0 spiro atoms. The van der Waals surface area contributed by atoms with Gasteiger partial charge in [-0.15, -0.1) is 0 Å². The lowest BCUT2D eigenvalue weighted by atomic mass is 9.90. The van der Waals surface area contributed by atoms with Crippen molar-refractivity contribution in [1.29, 1.82) is 0 Å². The Morgan fingerprint density at radius 2 is 1.80 bits per heavy atom. The maximum absolute atomic E-state index is 5.83. The SMILES string of the molecule is CCCNC(CC(C)C)C(C)(C)OCC. The quantitative estimate of drug-likeness (QED) is 0.671. The summed E-state index contributed by atoms with van der Waals surface area (Å²) < 4.78 is 5.83. The molecule has 0 aliphatic carbocycles. The van der Waals surface area contributed by atoms with Crippen molar-refractivity contribution in [2.24, 2.45) is 5.92 Å². The van der Waals surface area contributed by atoms with E-state index in [0.717, 1.165) is 13.2 Å². The van der Waals surface area contributed by atoms with E-state index in [-0.39, 0.29) is 5.60 Å². The molecule has 0 aliphatic heterocycles. The topological polar surface area (TPSA) is 21.3 Å². The van der Waals surface area contributed by atoms with Gasteiger partial charge in [0.2, 0.25) is 0 Å². The van der Waals surface area contributed by atoms with Gasteiger partial charge in [-0.3, -0.25) is 0 Å². The molecule has 92 valence electrons. The van der Waals surface area contributed by atoms with E-state index in [1.165, 1.54) is 12.8 Å². The van der Waals surface area contributed by atoms with Crippen LogP contribution >= 0.6 is 0 Å². The van der Waals surface area contributed by atoms with Gasteiger partial charge in [0, 0.05) is 12.6 Å². The monoisotopic (exact) mass is 215 g/mol. The van der Waals surface area contributed by atoms with E-state index in [2.05, 4.69) is 46.9 Å². The minimum Gasteiger partial charge on any atom is -0.374 e. The average molecular weight is 215 g/mol. The summed E-state index contributed by atoms with van der Waals surface area (Å²) in [6.45, 7) is 15.0. The van der Waals surface area contributed by atoms with Crippen LogP contribution in [0, 0.1) is 5.92 Å². The Morgan fingerprint density at radius 3 is 2.20 bits per heavy atom. The number of nitrogens with one attached hydrogen (secondary N) is 1. The highest BCUT2D eigenvalue weighted by Crippen LogP contribution is 2.21. The average Bonchev–Trinajstić information content (AvgIpc) is 2.11. The standard InChI is InChI=1S/C13H29NO/c1-7-9-14-12(10-11(3)4)13(5,6)15-8-2/h11-12,14H,7-10H2,1-6H3. The summed E-state index contributed by atoms with van der Waals surface area (Å²) in [4.78, 5) is 0. The molecule has 0 saturated carbocycles. The summed E-state index contributed by atoms with van der Waals surface area (Å²) in [5, 5.41) is 3.60. The first-order valence-electron chi connectivity index (χ1n) is 6.31. The van der Waals surface area contributed by atoms with Gasteiger partial charge in [-0.1, -0.05) is 20.8 Å². The molecule has 15 heavy (non-hydrogen) atoms. The predicted octanol–water partition coefficient (Wildman–Crippen LogP) is 3.22. The van der Waals surface area contributed by atoms with E-state index >= 15 is 0 Å². The zero-order valence-electron chi connectivity index (χ0n) is 11.4. The number of ether oxygens (including phenoxy) is 1. The zero-order chi connectivity index (χ0) is 11.9. The van der Waals surface area contributed by atoms with Crippen LogP contribution in [0.5, 0.6) is 0 Å². The molecule has 2 heteroatoms. The summed E-state index contributed by atoms with van der Waals surface area (Å²) in [5.41, 5.74) is -0.0613. The van der Waals surface area contributed by atoms with Gasteiger partial charge < -0.3 is 10.1 Å². The summed E-state index contributed by atoms with van der Waals surface area (Å²) >= 11 is 0. The molecule has 1 unspecified atom stereocenters. The second-order valence-corrected chi connectivity index (χ2v) is 5.17. The van der Waals surface area contributed by atoms with Gasteiger partial charge in [-0.2, -0.15) is 0 Å². The van der Waals surface area contributed by atoms with Crippen LogP contribution < -0.4 is 5.32 Å². The minimum absolute atomic E-state index is 0.0613. The Kier molecular flexibility index (Phi) is 7.20. The third-order valence-corrected chi connectivity index (χ3v) is 2.70. The molecule has 0 aliphatic rings. The van der Waals surface area contributed by atoms with Gasteiger partial charge in [-0.25, -0.2) is 0 Å². The Labute approximate surface area is 95.8 Å². The first-order chi connectivity index (χ1) is 6.94. The molecule has 1 N–H and O–H groups in total. The lowest BCUT2D eigenvalue weighted by Crippen LogP contribution is -2.49. The molecule has 0 aromatic heterocycles. The van der Waals surface area contributed by atoms with Crippen LogP contribution in [-0.4, -0.2) is 24.8 Å². The summed E-state index contributed by atoms with van der Waals surface area (Å²) in [7, 11) is 0. The Bertz CT molecular complexity index is 155. The molecule has 0 saturated heterocycles. The van der Waals surface area contributed by atoms with Crippen LogP contribution in [0.15, 0.2) is 0 Å². The molecular weight excluding hydrogens is 186 g/mol. The van der Waals surface area contributed by atoms with Crippen molar-refractivity contribution in [2.75, 3.05) is 13.2 Å². The van der Waals surface area contributed by atoms with E-state index in [1.54, 1.807) is 0 Å². The molecule has 0 heterocycles. The van der Waals surface area contributed by atoms with Crippen molar-refractivity contribution >= 4 is 0 Å². The fraction of sp³-hybridized carbons (Fsp3) is 1.00. The molecule has 0 fully saturated rings. The summed E-state index contributed by atoms with van der Waals surface area (Å²) in [5.74, 6) is 0.707. The van der Waals surface area contributed by atoms with Crippen molar-refractivity contribution in [3.05, 3.63) is 0 Å². The normalized spacial score (nSPS) is 14.6. The summed E-state index contributed by atoms with van der Waals surface area (Å²) in [6.07, 6.45) is 2.35. The van der Waals surface area contributed by atoms with Crippen molar-refractivity contribution < 1.29 is 4.74 Å². The second-order valence-electron chi connectivity index (χ2n) is 5.17. The largest absolute Gasteiger partial charge is 0.374 e. The molecule has 0 amide bonds. The highest BCUT2D eigenvalue weighted by molar-refractivity contribution is 4.86. The first-order valence-corrected chi connectivity index (χ1v) is 6.31. The van der Waals surface area contributed by atoms with E-state index in [9.17, 15) is 0 Å². The third-order valence-electron chi connectivity index (χ3n) is 2.70. The molecule has 0 aromatic rings. The van der Waals surface area contributed by atoms with E-state index in [4.69, 9.17) is 4.74 Å². The Morgan fingerprint density at radius 1 is 1.20 bits per heavy atom. The van der Waals surface area contributed by atoms with Crippen LogP contribution in [0.4, 0.5) is 0 Å². The van der Waals surface area contributed by atoms with Crippen molar-refractivity contribution in [1.82, 2.24) is 5.32 Å². The first kappa shape index (κ1) is 14.9. The molecule has 0 radical (unpaired) electrons. The van der Waals surface area contributed by atoms with Gasteiger partial charge >= 0.3 is 0 Å². The van der Waals surface area contributed by atoms with Gasteiger partial charge in [0.15, 0.2) is 0 Å². The predicted molar refractivity (Wildman–Crippen MR) is 67.2 cm³/mol. The van der Waals surface area contributed by atoms with Gasteiger partial charge in [0.1, 0.15) is 0 Å². The number of rotatable bonds is 8. The lowest BCUT2D eigenvalue weighted by Gasteiger charge is -2.36. The summed E-state index contributed by atoms with van der Waals surface area (Å²) in [6, 6.07) is 0.456. The molecule has 2 nitrogen and oxygen atoms in total. The van der Waals surface area contributed by atoms with E-state index < -0.39 is 0 Å². The van der Waals surface area contributed by atoms with Gasteiger partial charge in [-0.05, 0) is 46.1 Å². The van der Waals surface area contributed by atoms with Crippen LogP contribution in [0.2, 0.25) is 0 Å². The van der Waals surface area contributed by atoms with Gasteiger partial charge in [0.05, 0.1) is 5.60 Å². The number of hydrogen-bond donors (Lipinski definition) is 1. The molecule has 0 bridgehead atoms. The number of hydrogen-bond acceptors (Lipinski definition) is 2. The molecule has 0 aromatic carbocycles. The zero-order valence-corrected chi connectivity index (χ0v) is 11.4. The highest BCUT2D eigenvalue weighted by atomic mass is 16.5. The highest BCUT2D eigenvalue weighted by Gasteiger charge is 2.29. The van der Waals surface area contributed by atoms with Crippen LogP contribution in [0.25, 0.3) is 0 Å². The third kappa shape index (κ3) is 6.16. The molecule has 1 atom stereocenters. The van der Waals surface area contributed by atoms with Crippen molar-refractivity contribution in [2.45, 2.75) is 66.0 Å². The molecular formula is C13H29NO. The fourth-order valence-electron chi connectivity index (χ4n) is 1.88. The van der Waals surface area contributed by atoms with Crippen molar-refractivity contribution in [3.8, 4) is 0 Å². The Balaban J connectivity index is 4.31. The maximum Gasteiger partial charge on any atom is 0.0778 e. The van der Waals surface area contributed by atoms with Crippen molar-refractivity contribution in [3.63, 3.8) is 0 Å². The second kappa shape index (κ2) is 7.24. The lowest BCUT2D eigenvalue weighted by molar-refractivity contribution is -0.0426. The Hall–Kier alpha value is -0.0800. The minimum atomic E-state index is -0.0613. The van der Waals surface area contributed by atoms with E-state index in [1.807, 2.05) is 0 Å². The smallest absolute Gasteiger partial charge is 0.0778 e. The fourth-order valence-corrected chi connectivity index (χ4v) is 1.88. The molecule has 0 rings (SSSR count). The van der Waals surface area contributed by atoms with Crippen LogP contribution in [0.3, 0.4) is 0 Å². The van der Waals surface area contributed by atoms with Crippen LogP contribution in [0.1, 0.15) is 54.4 Å².